The molecule has 0 radical (unpaired) electrons. The van der Waals surface area contributed by atoms with Gasteiger partial charge in [-0.1, -0.05) is 18.2 Å². The Morgan fingerprint density at radius 1 is 1.38 bits per heavy atom. The van der Waals surface area contributed by atoms with Gasteiger partial charge >= 0.3 is 5.97 Å². The van der Waals surface area contributed by atoms with E-state index in [9.17, 15) is 4.79 Å². The van der Waals surface area contributed by atoms with Crippen molar-refractivity contribution in [2.75, 3.05) is 0 Å². The van der Waals surface area contributed by atoms with Gasteiger partial charge in [0.05, 0.1) is 0 Å². The third kappa shape index (κ3) is 1.27. The highest BCUT2D eigenvalue weighted by Gasteiger charge is 2.08. The molecule has 0 spiro atoms. The molecular weight excluding hydrogens is 168 g/mol. The number of nitrogens with two attached hydrogens (primary N) is 1. The van der Waals surface area contributed by atoms with Crippen molar-refractivity contribution in [2.24, 2.45) is 5.90 Å². The lowest BCUT2D eigenvalue weighted by Gasteiger charge is -1.90. The van der Waals surface area contributed by atoms with Gasteiger partial charge in [-0.15, -0.1) is 0 Å². The van der Waals surface area contributed by atoms with Crippen LogP contribution in [0, 0.1) is 0 Å². The first-order valence-electron chi connectivity index (χ1n) is 3.80. The number of aromatic nitrogens is 1. The lowest BCUT2D eigenvalue weighted by molar-refractivity contribution is 0.0497. The summed E-state index contributed by atoms with van der Waals surface area (Å²) >= 11 is 0. The van der Waals surface area contributed by atoms with E-state index in [2.05, 4.69) is 9.82 Å². The number of benzene rings is 1. The highest BCUT2D eigenvalue weighted by atomic mass is 16.7. The molecule has 2 rings (SSSR count). The molecule has 4 heteroatoms. The second-order valence-corrected chi connectivity index (χ2v) is 2.68. The molecule has 4 nitrogen and oxygen atoms in total. The van der Waals surface area contributed by atoms with Gasteiger partial charge in [-0.25, -0.2) is 4.79 Å². The quantitative estimate of drug-likeness (QED) is 0.641. The topological polar surface area (TPSA) is 68.1 Å². The number of carbonyl (C=O) groups is 1. The van der Waals surface area contributed by atoms with Gasteiger partial charge in [-0.3, -0.25) is 0 Å². The molecule has 0 amide bonds. The van der Waals surface area contributed by atoms with E-state index in [1.807, 2.05) is 24.3 Å². The van der Waals surface area contributed by atoms with Crippen LogP contribution in [0.4, 0.5) is 0 Å². The molecule has 1 aromatic carbocycles. The number of hydrogen-bond donors (Lipinski definition) is 2. The maximum Gasteiger partial charge on any atom is 0.373 e. The van der Waals surface area contributed by atoms with Crippen molar-refractivity contribution in [1.82, 2.24) is 4.98 Å². The van der Waals surface area contributed by atoms with Crippen molar-refractivity contribution in [1.29, 1.82) is 0 Å². The van der Waals surface area contributed by atoms with Crippen LogP contribution < -0.4 is 5.90 Å². The molecule has 2 aromatic rings. The Labute approximate surface area is 74.3 Å². The first kappa shape index (κ1) is 7.82. The zero-order valence-electron chi connectivity index (χ0n) is 6.78. The third-order valence-electron chi connectivity index (χ3n) is 1.86. The summed E-state index contributed by atoms with van der Waals surface area (Å²) in [5.41, 5.74) is 1.26. The molecule has 1 heterocycles. The van der Waals surface area contributed by atoms with Crippen LogP contribution >= 0.6 is 0 Å². The lowest BCUT2D eigenvalue weighted by atomic mass is 10.2. The van der Waals surface area contributed by atoms with Crippen molar-refractivity contribution in [2.45, 2.75) is 0 Å². The van der Waals surface area contributed by atoms with Crippen LogP contribution in [0.2, 0.25) is 0 Å². The van der Waals surface area contributed by atoms with Crippen LogP contribution in [-0.2, 0) is 4.84 Å². The van der Waals surface area contributed by atoms with Crippen molar-refractivity contribution in [3.05, 3.63) is 36.0 Å². The minimum atomic E-state index is -0.559. The molecule has 0 aliphatic carbocycles. The van der Waals surface area contributed by atoms with E-state index in [4.69, 9.17) is 5.90 Å². The Bertz CT molecular complexity index is 415. The summed E-state index contributed by atoms with van der Waals surface area (Å²) in [7, 11) is 0. The van der Waals surface area contributed by atoms with Crippen LogP contribution in [0.1, 0.15) is 10.5 Å². The van der Waals surface area contributed by atoms with Crippen LogP contribution in [0.3, 0.4) is 0 Å². The number of rotatable bonds is 1. The first-order chi connectivity index (χ1) is 6.31. The van der Waals surface area contributed by atoms with Gasteiger partial charge in [-0.2, -0.15) is 5.90 Å². The van der Waals surface area contributed by atoms with Crippen LogP contribution in [0.15, 0.2) is 30.3 Å². The summed E-state index contributed by atoms with van der Waals surface area (Å²) in [6, 6.07) is 9.26. The zero-order valence-corrected chi connectivity index (χ0v) is 6.78. The molecule has 3 N–H and O–H groups in total. The highest BCUT2D eigenvalue weighted by molar-refractivity contribution is 5.94. The van der Waals surface area contributed by atoms with Crippen molar-refractivity contribution >= 4 is 16.9 Å². The summed E-state index contributed by atoms with van der Waals surface area (Å²) in [6.45, 7) is 0. The second kappa shape index (κ2) is 2.91. The highest BCUT2D eigenvalue weighted by Crippen LogP contribution is 2.14. The van der Waals surface area contributed by atoms with Crippen LogP contribution in [0.5, 0.6) is 0 Å². The van der Waals surface area contributed by atoms with Crippen molar-refractivity contribution in [3.8, 4) is 0 Å². The summed E-state index contributed by atoms with van der Waals surface area (Å²) in [5, 5.41) is 0.961. The molecule has 0 aliphatic heterocycles. The Morgan fingerprint density at radius 2 is 2.15 bits per heavy atom. The minimum Gasteiger partial charge on any atom is -0.369 e. The monoisotopic (exact) mass is 176 g/mol. The minimum absolute atomic E-state index is 0.365. The number of carbonyl (C=O) groups excluding carboxylic acids is 1. The maximum atomic E-state index is 11.0. The fourth-order valence-corrected chi connectivity index (χ4v) is 1.25. The number of hydrogen-bond acceptors (Lipinski definition) is 3. The molecule has 0 bridgehead atoms. The normalized spacial score (nSPS) is 10.2. The van der Waals surface area contributed by atoms with Crippen LogP contribution in [-0.4, -0.2) is 11.0 Å². The number of H-pyrrole nitrogens is 1. The van der Waals surface area contributed by atoms with E-state index in [1.165, 1.54) is 0 Å². The second-order valence-electron chi connectivity index (χ2n) is 2.68. The molecule has 0 fully saturated rings. The summed E-state index contributed by atoms with van der Waals surface area (Å²) < 4.78 is 0. The van der Waals surface area contributed by atoms with E-state index in [0.717, 1.165) is 10.9 Å². The predicted octanol–water partition coefficient (Wildman–Crippen LogP) is 1.20. The third-order valence-corrected chi connectivity index (χ3v) is 1.86. The Kier molecular flexibility index (Phi) is 1.75. The molecule has 0 saturated heterocycles. The first-order valence-corrected chi connectivity index (χ1v) is 3.80. The largest absolute Gasteiger partial charge is 0.373 e. The van der Waals surface area contributed by atoms with Crippen molar-refractivity contribution < 1.29 is 9.63 Å². The fraction of sp³-hybridized carbons (Fsp3) is 0. The predicted molar refractivity (Wildman–Crippen MR) is 47.9 cm³/mol. The van der Waals surface area contributed by atoms with Crippen molar-refractivity contribution in [3.63, 3.8) is 0 Å². The Hall–Kier alpha value is -1.81. The van der Waals surface area contributed by atoms with E-state index >= 15 is 0 Å². The van der Waals surface area contributed by atoms with Gasteiger partial charge in [0.15, 0.2) is 0 Å². The number of para-hydroxylation sites is 1. The van der Waals surface area contributed by atoms with Gasteiger partial charge in [0.25, 0.3) is 0 Å². The van der Waals surface area contributed by atoms with Crippen LogP contribution in [0.25, 0.3) is 10.9 Å². The number of fused-ring (bicyclic) bond motifs is 1. The average Bonchev–Trinajstić information content (AvgIpc) is 2.59. The van der Waals surface area contributed by atoms with E-state index in [-0.39, 0.29) is 0 Å². The van der Waals surface area contributed by atoms with Gasteiger partial charge in [0.2, 0.25) is 0 Å². The van der Waals surface area contributed by atoms with E-state index < -0.39 is 5.97 Å². The maximum absolute atomic E-state index is 11.0. The molecule has 1 aromatic heterocycles. The standard InChI is InChI=1S/C9H8N2O2/c10-13-9(12)8-5-6-3-1-2-4-7(6)11-8/h1-5,11H,10H2. The summed E-state index contributed by atoms with van der Waals surface area (Å²) in [4.78, 5) is 18.0. The van der Waals surface area contributed by atoms with E-state index in [0.29, 0.717) is 5.69 Å². The van der Waals surface area contributed by atoms with E-state index in [1.54, 1.807) is 6.07 Å². The molecule has 13 heavy (non-hydrogen) atoms. The summed E-state index contributed by atoms with van der Waals surface area (Å²) in [5.74, 6) is 4.20. The average molecular weight is 176 g/mol. The molecule has 0 unspecified atom stereocenters. The molecule has 0 saturated carbocycles. The van der Waals surface area contributed by atoms with Gasteiger partial charge < -0.3 is 9.82 Å². The molecule has 0 atom stereocenters. The fourth-order valence-electron chi connectivity index (χ4n) is 1.25. The zero-order chi connectivity index (χ0) is 9.26. The summed E-state index contributed by atoms with van der Waals surface area (Å²) in [6.07, 6.45) is 0. The molecule has 66 valence electrons. The molecular formula is C9H8N2O2. The number of aromatic amines is 1. The smallest absolute Gasteiger partial charge is 0.369 e. The van der Waals surface area contributed by atoms with Gasteiger partial charge in [-0.05, 0) is 12.1 Å². The molecule has 0 aliphatic rings. The Balaban J connectivity index is 2.56. The lowest BCUT2D eigenvalue weighted by Crippen LogP contribution is -2.10. The van der Waals surface area contributed by atoms with Gasteiger partial charge in [0, 0.05) is 10.9 Å². The number of nitrogens with one attached hydrogen (secondary N) is 1. The Morgan fingerprint density at radius 3 is 2.85 bits per heavy atom. The van der Waals surface area contributed by atoms with Gasteiger partial charge in [0.1, 0.15) is 5.69 Å². The SMILES string of the molecule is NOC(=O)c1cc2ccccc2[nH]1.